The molecule has 5 nitrogen and oxygen atoms in total. The zero-order valence-electron chi connectivity index (χ0n) is 14.4. The second-order valence-corrected chi connectivity index (χ2v) is 6.29. The van der Waals surface area contributed by atoms with Gasteiger partial charge in [-0.25, -0.2) is 0 Å². The van der Waals surface area contributed by atoms with E-state index < -0.39 is 4.92 Å². The fourth-order valence-corrected chi connectivity index (χ4v) is 2.57. The third-order valence-electron chi connectivity index (χ3n) is 3.73. The summed E-state index contributed by atoms with van der Waals surface area (Å²) in [6.45, 7) is 4.22. The molecule has 0 aliphatic heterocycles. The van der Waals surface area contributed by atoms with Gasteiger partial charge in [0, 0.05) is 18.2 Å². The minimum absolute atomic E-state index is 0.00419. The molecule has 0 unspecified atom stereocenters. The van der Waals surface area contributed by atoms with Crippen LogP contribution in [-0.4, -0.2) is 10.8 Å². The van der Waals surface area contributed by atoms with Crippen LogP contribution in [0.25, 0.3) is 6.08 Å². The number of hydrogen-bond acceptors (Lipinski definition) is 3. The average Bonchev–Trinajstić information content (AvgIpc) is 2.60. The Labute approximate surface area is 147 Å². The number of benzene rings is 2. The van der Waals surface area contributed by atoms with Crippen LogP contribution in [-0.2, 0) is 4.79 Å². The molecule has 5 heteroatoms. The molecule has 1 N–H and O–H groups in total. The molecule has 0 spiro atoms. The minimum atomic E-state index is -0.453. The normalized spacial score (nSPS) is 12.3. The molecule has 0 heterocycles. The van der Waals surface area contributed by atoms with Gasteiger partial charge in [-0.1, -0.05) is 56.3 Å². The summed E-state index contributed by atoms with van der Waals surface area (Å²) in [4.78, 5) is 22.6. The molecule has 0 saturated carbocycles. The second kappa shape index (κ2) is 8.78. The Morgan fingerprint density at radius 1 is 1.16 bits per heavy atom. The van der Waals surface area contributed by atoms with Crippen molar-refractivity contribution in [3.8, 4) is 0 Å². The number of nitrogens with zero attached hydrogens (tertiary/aromatic N) is 1. The van der Waals surface area contributed by atoms with Crippen molar-refractivity contribution in [1.29, 1.82) is 0 Å². The predicted molar refractivity (Wildman–Crippen MR) is 98.9 cm³/mol. The molecular formula is C20H22N2O3. The van der Waals surface area contributed by atoms with Gasteiger partial charge in [-0.15, -0.1) is 0 Å². The summed E-state index contributed by atoms with van der Waals surface area (Å²) in [7, 11) is 0. The highest BCUT2D eigenvalue weighted by atomic mass is 16.6. The molecule has 2 rings (SSSR count). The van der Waals surface area contributed by atoms with Crippen molar-refractivity contribution in [3.05, 3.63) is 81.9 Å². The van der Waals surface area contributed by atoms with Gasteiger partial charge in [-0.3, -0.25) is 14.9 Å². The fraction of sp³-hybridized carbons (Fsp3) is 0.250. The molecule has 0 aromatic heterocycles. The van der Waals surface area contributed by atoms with E-state index in [4.69, 9.17) is 0 Å². The van der Waals surface area contributed by atoms with Gasteiger partial charge in [0.15, 0.2) is 0 Å². The molecule has 2 aromatic carbocycles. The molecule has 0 aliphatic carbocycles. The molecule has 130 valence electrons. The summed E-state index contributed by atoms with van der Waals surface area (Å²) >= 11 is 0. The Balaban J connectivity index is 2.08. The maximum Gasteiger partial charge on any atom is 0.270 e. The van der Waals surface area contributed by atoms with E-state index in [-0.39, 0.29) is 17.6 Å². The maximum atomic E-state index is 12.3. The van der Waals surface area contributed by atoms with Crippen LogP contribution in [0.2, 0.25) is 0 Å². The Hall–Kier alpha value is -2.95. The molecule has 0 aliphatic rings. The van der Waals surface area contributed by atoms with E-state index in [9.17, 15) is 14.9 Å². The van der Waals surface area contributed by atoms with E-state index >= 15 is 0 Å². The standard InChI is InChI=1S/C20H22N2O3/c1-15(2)13-19(17-8-4-3-5-9-17)21-20(23)12-11-16-7-6-10-18(14-16)22(24)25/h3-12,14-15,19H,13H2,1-2H3,(H,21,23)/b12-11+/t19-/m0/s1. The molecular weight excluding hydrogens is 316 g/mol. The van der Waals surface area contributed by atoms with Gasteiger partial charge >= 0.3 is 0 Å². The Morgan fingerprint density at radius 3 is 2.52 bits per heavy atom. The highest BCUT2D eigenvalue weighted by Crippen LogP contribution is 2.21. The summed E-state index contributed by atoms with van der Waals surface area (Å²) in [5, 5.41) is 13.8. The molecule has 0 saturated heterocycles. The number of carbonyl (C=O) groups excluding carboxylic acids is 1. The Bertz CT molecular complexity index is 755. The average molecular weight is 338 g/mol. The SMILES string of the molecule is CC(C)C[C@H](NC(=O)/C=C/c1cccc([N+](=O)[O-])c1)c1ccccc1. The van der Waals surface area contributed by atoms with Crippen molar-refractivity contribution in [3.63, 3.8) is 0 Å². The number of amides is 1. The van der Waals surface area contributed by atoms with Crippen molar-refractivity contribution in [2.75, 3.05) is 0 Å². The van der Waals surface area contributed by atoms with Crippen LogP contribution < -0.4 is 5.32 Å². The smallest absolute Gasteiger partial charge is 0.270 e. The van der Waals surface area contributed by atoms with Gasteiger partial charge in [0.05, 0.1) is 11.0 Å². The first kappa shape index (κ1) is 18.4. The van der Waals surface area contributed by atoms with Crippen LogP contribution in [0.4, 0.5) is 5.69 Å². The second-order valence-electron chi connectivity index (χ2n) is 6.29. The first-order valence-electron chi connectivity index (χ1n) is 8.23. The largest absolute Gasteiger partial charge is 0.346 e. The van der Waals surface area contributed by atoms with E-state index in [2.05, 4.69) is 19.2 Å². The lowest BCUT2D eigenvalue weighted by Gasteiger charge is -2.20. The van der Waals surface area contributed by atoms with E-state index in [1.165, 1.54) is 18.2 Å². The lowest BCUT2D eigenvalue weighted by molar-refractivity contribution is -0.384. The van der Waals surface area contributed by atoms with E-state index in [0.29, 0.717) is 11.5 Å². The minimum Gasteiger partial charge on any atom is -0.346 e. The molecule has 1 atom stereocenters. The van der Waals surface area contributed by atoms with Crippen molar-refractivity contribution < 1.29 is 9.72 Å². The zero-order valence-corrected chi connectivity index (χ0v) is 14.4. The van der Waals surface area contributed by atoms with Gasteiger partial charge in [-0.05, 0) is 29.5 Å². The highest BCUT2D eigenvalue weighted by molar-refractivity contribution is 5.92. The number of nitro benzene ring substituents is 1. The molecule has 0 bridgehead atoms. The number of nitrogens with one attached hydrogen (secondary N) is 1. The van der Waals surface area contributed by atoms with Crippen molar-refractivity contribution in [1.82, 2.24) is 5.32 Å². The van der Waals surface area contributed by atoms with Crippen molar-refractivity contribution in [2.24, 2.45) is 5.92 Å². The van der Waals surface area contributed by atoms with Crippen LogP contribution in [0.3, 0.4) is 0 Å². The van der Waals surface area contributed by atoms with Crippen LogP contribution in [0.5, 0.6) is 0 Å². The van der Waals surface area contributed by atoms with Gasteiger partial charge in [0.2, 0.25) is 5.91 Å². The van der Waals surface area contributed by atoms with E-state index in [1.807, 2.05) is 30.3 Å². The summed E-state index contributed by atoms with van der Waals surface area (Å²) in [5.41, 5.74) is 1.68. The fourth-order valence-electron chi connectivity index (χ4n) is 2.57. The molecule has 0 fully saturated rings. The molecule has 1 amide bonds. The summed E-state index contributed by atoms with van der Waals surface area (Å²) in [5.74, 6) is 0.215. The Kier molecular flexibility index (Phi) is 6.46. The summed E-state index contributed by atoms with van der Waals surface area (Å²) in [6, 6.07) is 16.0. The number of carbonyl (C=O) groups is 1. The van der Waals surface area contributed by atoms with Crippen LogP contribution >= 0.6 is 0 Å². The summed E-state index contributed by atoms with van der Waals surface area (Å²) < 4.78 is 0. The number of hydrogen-bond donors (Lipinski definition) is 1. The van der Waals surface area contributed by atoms with Gasteiger partial charge in [0.25, 0.3) is 5.69 Å². The van der Waals surface area contributed by atoms with Crippen molar-refractivity contribution >= 4 is 17.7 Å². The number of rotatable bonds is 7. The quantitative estimate of drug-likeness (QED) is 0.458. The van der Waals surface area contributed by atoms with Gasteiger partial charge in [-0.2, -0.15) is 0 Å². The molecule has 2 aromatic rings. The first-order chi connectivity index (χ1) is 12.0. The van der Waals surface area contributed by atoms with E-state index in [1.54, 1.807) is 18.2 Å². The van der Waals surface area contributed by atoms with Crippen molar-refractivity contribution in [2.45, 2.75) is 26.3 Å². The maximum absolute atomic E-state index is 12.3. The lowest BCUT2D eigenvalue weighted by atomic mass is 9.97. The van der Waals surface area contributed by atoms with Gasteiger partial charge in [0.1, 0.15) is 0 Å². The topological polar surface area (TPSA) is 72.2 Å². The highest BCUT2D eigenvalue weighted by Gasteiger charge is 2.14. The zero-order chi connectivity index (χ0) is 18.2. The predicted octanol–water partition coefficient (Wildman–Crippen LogP) is 4.51. The number of nitro groups is 1. The first-order valence-corrected chi connectivity index (χ1v) is 8.23. The number of non-ortho nitro benzene ring substituents is 1. The lowest BCUT2D eigenvalue weighted by Crippen LogP contribution is -2.27. The molecule has 25 heavy (non-hydrogen) atoms. The van der Waals surface area contributed by atoms with Crippen LogP contribution in [0.15, 0.2) is 60.7 Å². The third-order valence-corrected chi connectivity index (χ3v) is 3.73. The summed E-state index contributed by atoms with van der Waals surface area (Å²) in [6.07, 6.45) is 3.83. The van der Waals surface area contributed by atoms with Gasteiger partial charge < -0.3 is 5.32 Å². The van der Waals surface area contributed by atoms with Crippen LogP contribution in [0, 0.1) is 16.0 Å². The Morgan fingerprint density at radius 2 is 1.88 bits per heavy atom. The monoisotopic (exact) mass is 338 g/mol. The van der Waals surface area contributed by atoms with Crippen LogP contribution in [0.1, 0.15) is 37.4 Å². The third kappa shape index (κ3) is 5.88. The molecule has 0 radical (unpaired) electrons. The van der Waals surface area contributed by atoms with E-state index in [0.717, 1.165) is 12.0 Å².